The molecule has 4 nitrogen and oxygen atoms in total. The number of nitrogens with one attached hydrogen (secondary N) is 1. The molecule has 3 unspecified atom stereocenters. The van der Waals surface area contributed by atoms with Gasteiger partial charge < -0.3 is 11.1 Å². The lowest BCUT2D eigenvalue weighted by Crippen LogP contribution is -2.37. The van der Waals surface area contributed by atoms with Gasteiger partial charge in [-0.05, 0) is 50.0 Å². The Hall–Kier alpha value is -0.340. The maximum absolute atomic E-state index is 6.06. The molecule has 3 atom stereocenters. The van der Waals surface area contributed by atoms with Crippen LogP contribution in [0.5, 0.6) is 0 Å². The van der Waals surface area contributed by atoms with Crippen LogP contribution < -0.4 is 11.1 Å². The van der Waals surface area contributed by atoms with Gasteiger partial charge in [0.2, 0.25) is 0 Å². The molecule has 0 aromatic heterocycles. The average Bonchev–Trinajstić information content (AvgIpc) is 3.12. The van der Waals surface area contributed by atoms with Crippen LogP contribution in [0.2, 0.25) is 0 Å². The highest BCUT2D eigenvalue weighted by molar-refractivity contribution is 14.0. The number of guanidine groups is 1. The number of likely N-dealkylation sites (N-methyl/N-ethyl adjacent to an activating group) is 1. The van der Waals surface area contributed by atoms with Crippen molar-refractivity contribution in [2.45, 2.75) is 44.2 Å². The molecule has 0 radical (unpaired) electrons. The number of hydrogen-bond acceptors (Lipinski definition) is 2. The van der Waals surface area contributed by atoms with E-state index in [2.05, 4.69) is 62.3 Å². The molecule has 1 aromatic carbocycles. The largest absolute Gasteiger partial charge is 0.370 e. The number of aliphatic imine (C=N–C) groups is 1. The van der Waals surface area contributed by atoms with Crippen LogP contribution in [0, 0.1) is 0 Å². The monoisotopic (exact) mass is 492 g/mol. The summed E-state index contributed by atoms with van der Waals surface area (Å²) >= 11 is 3.48. The zero-order chi connectivity index (χ0) is 15.5. The molecule has 6 heteroatoms. The van der Waals surface area contributed by atoms with Crippen LogP contribution in [0.1, 0.15) is 37.7 Å². The second-order valence-corrected chi connectivity index (χ2v) is 7.21. The van der Waals surface area contributed by atoms with Gasteiger partial charge in [0.15, 0.2) is 5.96 Å². The summed E-state index contributed by atoms with van der Waals surface area (Å²) in [5.74, 6) is 1.17. The molecule has 2 fully saturated rings. The Morgan fingerprint density at radius 3 is 2.83 bits per heavy atom. The third-order valence-electron chi connectivity index (χ3n) is 4.80. The van der Waals surface area contributed by atoms with Crippen molar-refractivity contribution in [1.29, 1.82) is 0 Å². The van der Waals surface area contributed by atoms with Gasteiger partial charge in [0.1, 0.15) is 0 Å². The van der Waals surface area contributed by atoms with Gasteiger partial charge in [-0.1, -0.05) is 35.0 Å². The van der Waals surface area contributed by atoms with Crippen LogP contribution in [-0.4, -0.2) is 42.6 Å². The number of rotatable bonds is 5. The first kappa shape index (κ1) is 19.0. The molecular formula is C17H26BrIN4. The summed E-state index contributed by atoms with van der Waals surface area (Å²) < 4.78 is 1.12. The summed E-state index contributed by atoms with van der Waals surface area (Å²) in [6.45, 7) is 5.36. The molecule has 23 heavy (non-hydrogen) atoms. The molecule has 128 valence electrons. The number of hydrogen-bond donors (Lipinski definition) is 2. The Morgan fingerprint density at radius 1 is 1.39 bits per heavy atom. The number of likely N-dealkylation sites (tertiary alicyclic amines) is 1. The second-order valence-electron chi connectivity index (χ2n) is 6.30. The zero-order valence-corrected chi connectivity index (χ0v) is 17.5. The van der Waals surface area contributed by atoms with Crippen LogP contribution >= 0.6 is 39.9 Å². The Balaban J connectivity index is 0.00000192. The Bertz CT molecular complexity index is 534. The van der Waals surface area contributed by atoms with Gasteiger partial charge in [0.25, 0.3) is 0 Å². The van der Waals surface area contributed by atoms with Crippen LogP contribution in [0.25, 0.3) is 0 Å². The van der Waals surface area contributed by atoms with Gasteiger partial charge in [-0.25, -0.2) is 0 Å². The number of nitrogens with zero attached hydrogens (tertiary/aromatic N) is 2. The number of halogens is 2. The predicted molar refractivity (Wildman–Crippen MR) is 111 cm³/mol. The van der Waals surface area contributed by atoms with E-state index in [1.807, 2.05) is 0 Å². The Kier molecular flexibility index (Phi) is 7.16. The molecule has 3 rings (SSSR count). The molecule has 2 aliphatic rings. The van der Waals surface area contributed by atoms with Gasteiger partial charge in [-0.3, -0.25) is 9.89 Å². The van der Waals surface area contributed by atoms with E-state index in [0.717, 1.165) is 24.0 Å². The fourth-order valence-corrected chi connectivity index (χ4v) is 3.65. The van der Waals surface area contributed by atoms with Gasteiger partial charge in [-0.15, -0.1) is 24.0 Å². The topological polar surface area (TPSA) is 53.6 Å². The minimum absolute atomic E-state index is 0. The van der Waals surface area contributed by atoms with E-state index in [4.69, 9.17) is 5.73 Å². The van der Waals surface area contributed by atoms with Crippen molar-refractivity contribution in [1.82, 2.24) is 10.2 Å². The predicted octanol–water partition coefficient (Wildman–Crippen LogP) is 3.31. The lowest BCUT2D eigenvalue weighted by atomic mass is 10.1. The third-order valence-corrected chi connectivity index (χ3v) is 5.33. The third kappa shape index (κ3) is 5.06. The summed E-state index contributed by atoms with van der Waals surface area (Å²) in [6.07, 6.45) is 3.67. The van der Waals surface area contributed by atoms with Gasteiger partial charge in [0.05, 0.1) is 6.54 Å². The minimum atomic E-state index is 0. The van der Waals surface area contributed by atoms with Gasteiger partial charge in [0, 0.05) is 22.5 Å². The molecule has 3 N–H and O–H groups in total. The first-order valence-electron chi connectivity index (χ1n) is 8.23. The van der Waals surface area contributed by atoms with Crippen molar-refractivity contribution < 1.29 is 0 Å². The van der Waals surface area contributed by atoms with Crippen molar-refractivity contribution in [2.24, 2.45) is 10.7 Å². The zero-order valence-electron chi connectivity index (χ0n) is 13.5. The van der Waals surface area contributed by atoms with Crippen LogP contribution in [-0.2, 0) is 0 Å². The van der Waals surface area contributed by atoms with E-state index < -0.39 is 0 Å². The first-order valence-corrected chi connectivity index (χ1v) is 9.02. The molecule has 1 aliphatic heterocycles. The lowest BCUT2D eigenvalue weighted by molar-refractivity contribution is 0.273. The molecule has 0 spiro atoms. The first-order chi connectivity index (χ1) is 10.7. The second kappa shape index (κ2) is 8.67. The number of nitrogens with two attached hydrogens (primary N) is 1. The van der Waals surface area contributed by atoms with E-state index >= 15 is 0 Å². The Morgan fingerprint density at radius 2 is 2.13 bits per heavy atom. The maximum Gasteiger partial charge on any atom is 0.188 e. The molecule has 1 saturated heterocycles. The standard InChI is InChI=1S/C17H25BrN4.HI/c1-2-22-9-3-4-14(22)11-20-17(19)21-16-10-15(16)12-5-7-13(18)8-6-12;/h5-8,14-16H,2-4,9-11H2,1H3,(H3,19,20,21);1H. The average molecular weight is 493 g/mol. The molecule has 1 aromatic rings. The highest BCUT2D eigenvalue weighted by Crippen LogP contribution is 2.40. The van der Waals surface area contributed by atoms with Gasteiger partial charge in [-0.2, -0.15) is 0 Å². The van der Waals surface area contributed by atoms with Crippen molar-refractivity contribution >= 4 is 45.9 Å². The van der Waals surface area contributed by atoms with Crippen molar-refractivity contribution in [3.05, 3.63) is 34.3 Å². The quantitative estimate of drug-likeness (QED) is 0.376. The Labute approximate surface area is 164 Å². The molecule has 1 aliphatic carbocycles. The number of benzene rings is 1. The summed E-state index contributed by atoms with van der Waals surface area (Å²) in [5.41, 5.74) is 7.43. The minimum Gasteiger partial charge on any atom is -0.370 e. The fraction of sp³-hybridized carbons (Fsp3) is 0.588. The maximum atomic E-state index is 6.06. The molecule has 0 amide bonds. The normalized spacial score (nSPS) is 27.6. The highest BCUT2D eigenvalue weighted by Gasteiger charge is 2.38. The molecule has 0 bridgehead atoms. The fourth-order valence-electron chi connectivity index (χ4n) is 3.39. The summed E-state index contributed by atoms with van der Waals surface area (Å²) in [5, 5.41) is 3.37. The lowest BCUT2D eigenvalue weighted by Gasteiger charge is -2.21. The van der Waals surface area contributed by atoms with Crippen molar-refractivity contribution in [3.8, 4) is 0 Å². The van der Waals surface area contributed by atoms with E-state index in [1.54, 1.807) is 0 Å². The van der Waals surface area contributed by atoms with E-state index in [-0.39, 0.29) is 24.0 Å². The van der Waals surface area contributed by atoms with Crippen LogP contribution in [0.15, 0.2) is 33.7 Å². The highest BCUT2D eigenvalue weighted by atomic mass is 127. The summed E-state index contributed by atoms with van der Waals surface area (Å²) in [7, 11) is 0. The molecule has 1 heterocycles. The van der Waals surface area contributed by atoms with E-state index in [0.29, 0.717) is 24.0 Å². The smallest absolute Gasteiger partial charge is 0.188 e. The van der Waals surface area contributed by atoms with Crippen LogP contribution in [0.4, 0.5) is 0 Å². The van der Waals surface area contributed by atoms with Crippen LogP contribution in [0.3, 0.4) is 0 Å². The summed E-state index contributed by atoms with van der Waals surface area (Å²) in [6, 6.07) is 9.58. The van der Waals surface area contributed by atoms with Crippen molar-refractivity contribution in [3.63, 3.8) is 0 Å². The van der Waals surface area contributed by atoms with Gasteiger partial charge >= 0.3 is 0 Å². The molecular weight excluding hydrogens is 467 g/mol. The summed E-state index contributed by atoms with van der Waals surface area (Å²) in [4.78, 5) is 7.06. The SMILES string of the molecule is CCN1CCCC1CN=C(N)NC1CC1c1ccc(Br)cc1.I. The van der Waals surface area contributed by atoms with Crippen molar-refractivity contribution in [2.75, 3.05) is 19.6 Å². The van der Waals surface area contributed by atoms with E-state index in [9.17, 15) is 0 Å². The molecule has 1 saturated carbocycles. The van der Waals surface area contributed by atoms with E-state index in [1.165, 1.54) is 24.9 Å².